The number of aryl methyl sites for hydroxylation is 1. The summed E-state index contributed by atoms with van der Waals surface area (Å²) in [5.41, 5.74) is 5.44. The van der Waals surface area contributed by atoms with E-state index in [0.717, 1.165) is 43.4 Å². The molecule has 2 aliphatic rings. The summed E-state index contributed by atoms with van der Waals surface area (Å²) in [7, 11) is 1.75. The fourth-order valence-electron chi connectivity index (χ4n) is 5.87. The summed E-state index contributed by atoms with van der Waals surface area (Å²) in [6.07, 6.45) is 5.98. The molecule has 1 aromatic heterocycles. The van der Waals surface area contributed by atoms with Gasteiger partial charge < -0.3 is 19.3 Å². The molecule has 0 bridgehead atoms. The summed E-state index contributed by atoms with van der Waals surface area (Å²) in [6, 6.07) is 15.7. The number of benzene rings is 2. The van der Waals surface area contributed by atoms with Crippen LogP contribution in [-0.4, -0.2) is 40.5 Å². The van der Waals surface area contributed by atoms with Crippen molar-refractivity contribution in [2.24, 2.45) is 5.41 Å². The molecule has 0 unspecified atom stereocenters. The minimum absolute atomic E-state index is 0.270. The van der Waals surface area contributed by atoms with Gasteiger partial charge in [-0.15, -0.1) is 0 Å². The van der Waals surface area contributed by atoms with Gasteiger partial charge in [-0.25, -0.2) is 4.98 Å². The quantitative estimate of drug-likeness (QED) is 0.519. The highest BCUT2D eigenvalue weighted by Gasteiger charge is 2.39. The zero-order chi connectivity index (χ0) is 23.9. The van der Waals surface area contributed by atoms with Crippen LogP contribution < -0.4 is 4.90 Å². The Morgan fingerprint density at radius 2 is 1.88 bits per heavy atom. The van der Waals surface area contributed by atoms with Gasteiger partial charge in [0, 0.05) is 36.9 Å². The van der Waals surface area contributed by atoms with Gasteiger partial charge in [-0.1, -0.05) is 30.3 Å². The minimum Gasteiger partial charge on any atom is -0.481 e. The zero-order valence-electron chi connectivity index (χ0n) is 20.5. The first-order valence-corrected chi connectivity index (χ1v) is 12.5. The highest BCUT2D eigenvalue weighted by Crippen LogP contribution is 2.44. The number of carbonyl (C=O) groups is 1. The van der Waals surface area contributed by atoms with E-state index >= 15 is 0 Å². The lowest BCUT2D eigenvalue weighted by Gasteiger charge is -2.37. The Morgan fingerprint density at radius 3 is 2.56 bits per heavy atom. The molecule has 34 heavy (non-hydrogen) atoms. The largest absolute Gasteiger partial charge is 0.481 e. The van der Waals surface area contributed by atoms with Gasteiger partial charge in [0.1, 0.15) is 12.6 Å². The smallest absolute Gasteiger partial charge is 0.309 e. The predicted octanol–water partition coefficient (Wildman–Crippen LogP) is 5.58. The maximum absolute atomic E-state index is 11.8. The number of ether oxygens (including phenoxy) is 1. The first-order valence-electron chi connectivity index (χ1n) is 12.5. The molecular formula is C28H35N3O3. The number of hydrogen-bond acceptors (Lipinski definition) is 4. The number of methoxy groups -OCH3 is 1. The van der Waals surface area contributed by atoms with Crippen molar-refractivity contribution >= 4 is 22.7 Å². The third-order valence-electron chi connectivity index (χ3n) is 8.08. The van der Waals surface area contributed by atoms with Crippen molar-refractivity contribution in [2.45, 2.75) is 70.9 Å². The summed E-state index contributed by atoms with van der Waals surface area (Å²) in [5, 5.41) is 9.72. The van der Waals surface area contributed by atoms with E-state index in [1.54, 1.807) is 7.11 Å². The van der Waals surface area contributed by atoms with Crippen molar-refractivity contribution in [3.05, 3.63) is 59.4 Å². The van der Waals surface area contributed by atoms with Gasteiger partial charge >= 0.3 is 5.97 Å². The molecular weight excluding hydrogens is 426 g/mol. The van der Waals surface area contributed by atoms with Crippen molar-refractivity contribution in [2.75, 3.05) is 18.7 Å². The molecule has 1 aliphatic carbocycles. The standard InChI is InChI=1S/C28H35N3O3/c1-19-9-10-22-23(30(19)18-34-3)11-12-24-26(22)29-25(17-20-7-5-4-6-8-20)31(24)21-13-15-28(2,16-14-21)27(32)33/h4-8,11-12,19,21H,9-10,13-18H2,1-3H3,(H,32,33)/t19-,21?,28?/m0/s1. The average molecular weight is 462 g/mol. The zero-order valence-corrected chi connectivity index (χ0v) is 20.5. The number of fused-ring (bicyclic) bond motifs is 3. The Kier molecular flexibility index (Phi) is 6.11. The maximum atomic E-state index is 11.8. The number of aromatic nitrogens is 2. The van der Waals surface area contributed by atoms with Crippen LogP contribution in [0.15, 0.2) is 42.5 Å². The number of imidazole rings is 1. The minimum atomic E-state index is -0.674. The Bertz CT molecular complexity index is 1180. The average Bonchev–Trinajstić information content (AvgIpc) is 3.20. The van der Waals surface area contributed by atoms with Crippen LogP contribution in [0, 0.1) is 5.41 Å². The summed E-state index contributed by atoms with van der Waals surface area (Å²) in [4.78, 5) is 19.4. The van der Waals surface area contributed by atoms with Crippen LogP contribution in [0.25, 0.3) is 11.0 Å². The van der Waals surface area contributed by atoms with E-state index in [1.807, 2.05) is 13.0 Å². The fourth-order valence-corrected chi connectivity index (χ4v) is 5.87. The second kappa shape index (κ2) is 9.06. The second-order valence-corrected chi connectivity index (χ2v) is 10.4. The third-order valence-corrected chi connectivity index (χ3v) is 8.08. The van der Waals surface area contributed by atoms with E-state index in [9.17, 15) is 9.90 Å². The van der Waals surface area contributed by atoms with Gasteiger partial charge in [0.05, 0.1) is 16.4 Å². The summed E-state index contributed by atoms with van der Waals surface area (Å²) < 4.78 is 7.95. The molecule has 0 radical (unpaired) electrons. The SMILES string of the molecule is COCN1c2ccc3c(nc(Cc4ccccc4)n3C3CCC(C)(C(=O)O)CC3)c2CC[C@@H]1C. The molecule has 2 aromatic carbocycles. The predicted molar refractivity (Wildman–Crippen MR) is 134 cm³/mol. The number of anilines is 1. The molecule has 5 rings (SSSR count). The number of nitrogens with zero attached hydrogens (tertiary/aromatic N) is 3. The van der Waals surface area contributed by atoms with E-state index in [2.05, 4.69) is 52.8 Å². The van der Waals surface area contributed by atoms with Crippen LogP contribution >= 0.6 is 0 Å². The maximum Gasteiger partial charge on any atom is 0.309 e. The first kappa shape index (κ1) is 22.9. The van der Waals surface area contributed by atoms with Crippen LogP contribution in [0.3, 0.4) is 0 Å². The molecule has 6 nitrogen and oxygen atoms in total. The van der Waals surface area contributed by atoms with Gasteiger partial charge in [-0.05, 0) is 70.1 Å². The topological polar surface area (TPSA) is 67.6 Å². The monoisotopic (exact) mass is 461 g/mol. The summed E-state index contributed by atoms with van der Waals surface area (Å²) in [5.74, 6) is 0.405. The van der Waals surface area contributed by atoms with Crippen molar-refractivity contribution < 1.29 is 14.6 Å². The van der Waals surface area contributed by atoms with Crippen molar-refractivity contribution in [3.8, 4) is 0 Å². The lowest BCUT2D eigenvalue weighted by Crippen LogP contribution is -2.38. The molecule has 0 saturated heterocycles. The van der Waals surface area contributed by atoms with Crippen molar-refractivity contribution in [1.29, 1.82) is 0 Å². The molecule has 0 spiro atoms. The number of rotatable bonds is 6. The van der Waals surface area contributed by atoms with Crippen LogP contribution in [0.4, 0.5) is 5.69 Å². The molecule has 2 heterocycles. The first-order chi connectivity index (χ1) is 16.4. The second-order valence-electron chi connectivity index (χ2n) is 10.4. The third kappa shape index (κ3) is 3.98. The Hall–Kier alpha value is -2.86. The van der Waals surface area contributed by atoms with Crippen molar-refractivity contribution in [1.82, 2.24) is 9.55 Å². The van der Waals surface area contributed by atoms with E-state index < -0.39 is 11.4 Å². The van der Waals surface area contributed by atoms with E-state index in [0.29, 0.717) is 25.6 Å². The van der Waals surface area contributed by atoms with Gasteiger partial charge in [0.25, 0.3) is 0 Å². The molecule has 3 aromatic rings. The summed E-state index contributed by atoms with van der Waals surface area (Å²) >= 11 is 0. The van der Waals surface area contributed by atoms with Crippen LogP contribution in [0.2, 0.25) is 0 Å². The lowest BCUT2D eigenvalue weighted by atomic mass is 9.74. The Balaban J connectivity index is 1.59. The van der Waals surface area contributed by atoms with E-state index in [1.165, 1.54) is 22.3 Å². The van der Waals surface area contributed by atoms with Gasteiger partial charge in [0.2, 0.25) is 0 Å². The van der Waals surface area contributed by atoms with Crippen molar-refractivity contribution in [3.63, 3.8) is 0 Å². The molecule has 180 valence electrons. The molecule has 1 saturated carbocycles. The highest BCUT2D eigenvalue weighted by molar-refractivity contribution is 5.86. The number of carboxylic acid groups (broad SMARTS) is 1. The molecule has 0 amide bonds. The highest BCUT2D eigenvalue weighted by atomic mass is 16.5. The summed E-state index contributed by atoms with van der Waals surface area (Å²) in [6.45, 7) is 4.73. The van der Waals surface area contributed by atoms with Gasteiger partial charge in [-0.3, -0.25) is 4.79 Å². The van der Waals surface area contributed by atoms with E-state index in [4.69, 9.17) is 9.72 Å². The molecule has 1 aliphatic heterocycles. The molecule has 1 N–H and O–H groups in total. The van der Waals surface area contributed by atoms with Crippen LogP contribution in [0.5, 0.6) is 0 Å². The number of aliphatic carboxylic acids is 1. The van der Waals surface area contributed by atoms with Gasteiger partial charge in [-0.2, -0.15) is 0 Å². The van der Waals surface area contributed by atoms with E-state index in [-0.39, 0.29) is 6.04 Å². The van der Waals surface area contributed by atoms with Crippen LogP contribution in [0.1, 0.15) is 68.9 Å². The molecule has 6 heteroatoms. The Morgan fingerprint density at radius 1 is 1.15 bits per heavy atom. The fraction of sp³-hybridized carbons (Fsp3) is 0.500. The molecule has 1 fully saturated rings. The number of hydrogen-bond donors (Lipinski definition) is 1. The normalized spacial score (nSPS) is 24.9. The van der Waals surface area contributed by atoms with Gasteiger partial charge in [0.15, 0.2) is 0 Å². The Labute approximate surface area is 201 Å². The number of carboxylic acids is 1. The van der Waals surface area contributed by atoms with Crippen LogP contribution in [-0.2, 0) is 22.4 Å². The lowest BCUT2D eigenvalue weighted by molar-refractivity contribution is -0.150. The molecule has 1 atom stereocenters.